The quantitative estimate of drug-likeness (QED) is 0.925. The van der Waals surface area contributed by atoms with Gasteiger partial charge in [0.15, 0.2) is 9.84 Å². The molecule has 0 spiro atoms. The highest BCUT2D eigenvalue weighted by Gasteiger charge is 2.20. The van der Waals surface area contributed by atoms with Gasteiger partial charge in [-0.15, -0.1) is 0 Å². The van der Waals surface area contributed by atoms with Crippen LogP contribution in [0.15, 0.2) is 18.2 Å². The van der Waals surface area contributed by atoms with Crippen LogP contribution in [0.1, 0.15) is 11.3 Å². The first-order valence-corrected chi connectivity index (χ1v) is 8.43. The van der Waals surface area contributed by atoms with Crippen LogP contribution in [-0.4, -0.2) is 31.6 Å². The van der Waals surface area contributed by atoms with Crippen molar-refractivity contribution < 1.29 is 13.2 Å². The molecule has 0 radical (unpaired) electrons. The Morgan fingerprint density at radius 3 is 2.62 bits per heavy atom. The maximum absolute atomic E-state index is 11.6. The predicted molar refractivity (Wildman–Crippen MR) is 82.9 cm³/mol. The number of rotatable bonds is 4. The topological polar surface area (TPSA) is 87.2 Å². The molecule has 2 rings (SSSR count). The van der Waals surface area contributed by atoms with Gasteiger partial charge >= 0.3 is 0 Å². The zero-order chi connectivity index (χ0) is 15.8. The van der Waals surface area contributed by atoms with Crippen LogP contribution in [0.2, 0.25) is 0 Å². The van der Waals surface area contributed by atoms with Crippen molar-refractivity contribution in [2.24, 2.45) is 7.05 Å². The molecular weight excluding hydrogens is 290 g/mol. The Balaban J connectivity index is 2.62. The van der Waals surface area contributed by atoms with Crippen molar-refractivity contribution >= 4 is 15.7 Å². The van der Waals surface area contributed by atoms with E-state index in [9.17, 15) is 8.42 Å². The third-order valence-electron chi connectivity index (χ3n) is 3.26. The molecule has 0 bridgehead atoms. The van der Waals surface area contributed by atoms with Crippen LogP contribution in [0.4, 0.5) is 5.82 Å². The van der Waals surface area contributed by atoms with E-state index in [1.807, 2.05) is 25.1 Å². The first-order chi connectivity index (χ1) is 9.73. The maximum atomic E-state index is 11.6. The molecule has 7 heteroatoms. The van der Waals surface area contributed by atoms with Gasteiger partial charge < -0.3 is 10.5 Å². The van der Waals surface area contributed by atoms with E-state index in [0.717, 1.165) is 16.9 Å². The van der Waals surface area contributed by atoms with Crippen LogP contribution in [0.25, 0.3) is 11.1 Å². The summed E-state index contributed by atoms with van der Waals surface area (Å²) in [4.78, 5) is 0. The fourth-order valence-corrected chi connectivity index (χ4v) is 2.93. The SMILES string of the molecule is COc1cc(-c2c(CS(C)(=O)=O)nn(C)c2N)ccc1C. The molecule has 0 saturated carbocycles. The molecule has 0 aliphatic heterocycles. The van der Waals surface area contributed by atoms with Crippen molar-refractivity contribution in [1.29, 1.82) is 0 Å². The highest BCUT2D eigenvalue weighted by molar-refractivity contribution is 7.89. The van der Waals surface area contributed by atoms with Crippen LogP contribution in [0.5, 0.6) is 5.75 Å². The Morgan fingerprint density at radius 2 is 2.05 bits per heavy atom. The van der Waals surface area contributed by atoms with Crippen LogP contribution in [0.3, 0.4) is 0 Å². The number of nitrogen functional groups attached to an aromatic ring is 1. The van der Waals surface area contributed by atoms with Crippen LogP contribution < -0.4 is 10.5 Å². The minimum atomic E-state index is -3.20. The first kappa shape index (κ1) is 15.4. The van der Waals surface area contributed by atoms with Crippen molar-refractivity contribution in [3.8, 4) is 16.9 Å². The molecule has 0 amide bonds. The summed E-state index contributed by atoms with van der Waals surface area (Å²) in [5, 5.41) is 4.22. The number of benzene rings is 1. The average Bonchev–Trinajstić information content (AvgIpc) is 2.64. The monoisotopic (exact) mass is 309 g/mol. The molecular formula is C14H19N3O3S. The Morgan fingerprint density at radius 1 is 1.38 bits per heavy atom. The van der Waals surface area contributed by atoms with Crippen molar-refractivity contribution in [2.75, 3.05) is 19.1 Å². The Bertz CT molecular complexity index is 779. The highest BCUT2D eigenvalue weighted by atomic mass is 32.2. The van der Waals surface area contributed by atoms with Gasteiger partial charge in [0, 0.05) is 18.9 Å². The number of aromatic nitrogens is 2. The van der Waals surface area contributed by atoms with Gasteiger partial charge in [-0.25, -0.2) is 8.42 Å². The normalized spacial score (nSPS) is 11.6. The van der Waals surface area contributed by atoms with E-state index in [0.29, 0.717) is 17.1 Å². The largest absolute Gasteiger partial charge is 0.496 e. The Hall–Kier alpha value is -2.02. The number of hydrogen-bond acceptors (Lipinski definition) is 5. The summed E-state index contributed by atoms with van der Waals surface area (Å²) in [5.74, 6) is 1.00. The number of hydrogen-bond donors (Lipinski definition) is 1. The van der Waals surface area contributed by atoms with Gasteiger partial charge in [-0.05, 0) is 24.1 Å². The second-order valence-electron chi connectivity index (χ2n) is 5.09. The van der Waals surface area contributed by atoms with Crippen LogP contribution >= 0.6 is 0 Å². The fraction of sp³-hybridized carbons (Fsp3) is 0.357. The van der Waals surface area contributed by atoms with Crippen molar-refractivity contribution in [1.82, 2.24) is 9.78 Å². The molecule has 0 atom stereocenters. The predicted octanol–water partition coefficient (Wildman–Crippen LogP) is 1.53. The summed E-state index contributed by atoms with van der Waals surface area (Å²) in [6.45, 7) is 1.94. The van der Waals surface area contributed by atoms with E-state index in [2.05, 4.69) is 5.10 Å². The molecule has 1 aromatic heterocycles. The molecule has 2 aromatic rings. The fourth-order valence-electron chi connectivity index (χ4n) is 2.23. The average molecular weight is 309 g/mol. The second-order valence-corrected chi connectivity index (χ2v) is 7.23. The Labute approximate surface area is 124 Å². The second kappa shape index (κ2) is 5.40. The molecule has 0 saturated heterocycles. The van der Waals surface area contributed by atoms with Crippen molar-refractivity contribution in [2.45, 2.75) is 12.7 Å². The van der Waals surface area contributed by atoms with E-state index < -0.39 is 9.84 Å². The minimum absolute atomic E-state index is 0.149. The molecule has 1 heterocycles. The third-order valence-corrected chi connectivity index (χ3v) is 4.06. The number of nitrogens with zero attached hydrogens (tertiary/aromatic N) is 2. The molecule has 1 aromatic carbocycles. The zero-order valence-electron chi connectivity index (χ0n) is 12.5. The van der Waals surface area contributed by atoms with E-state index in [1.165, 1.54) is 10.9 Å². The number of methoxy groups -OCH3 is 1. The number of aryl methyl sites for hydroxylation is 2. The molecule has 0 fully saturated rings. The smallest absolute Gasteiger partial charge is 0.153 e. The standard InChI is InChI=1S/C14H19N3O3S/c1-9-5-6-10(7-12(9)20-3)13-11(8-21(4,18)19)16-17(2)14(13)15/h5-7H,8,15H2,1-4H3. The van der Waals surface area contributed by atoms with Gasteiger partial charge in [-0.3, -0.25) is 4.68 Å². The molecule has 114 valence electrons. The van der Waals surface area contributed by atoms with Gasteiger partial charge in [-0.2, -0.15) is 5.10 Å². The lowest BCUT2D eigenvalue weighted by Crippen LogP contribution is -2.03. The Kier molecular flexibility index (Phi) is 3.95. The summed E-state index contributed by atoms with van der Waals surface area (Å²) in [5.41, 5.74) is 8.92. The summed E-state index contributed by atoms with van der Waals surface area (Å²) < 4.78 is 29.9. The summed E-state index contributed by atoms with van der Waals surface area (Å²) >= 11 is 0. The lowest BCUT2D eigenvalue weighted by atomic mass is 10.0. The van der Waals surface area contributed by atoms with E-state index in [1.54, 1.807) is 14.2 Å². The minimum Gasteiger partial charge on any atom is -0.496 e. The summed E-state index contributed by atoms with van der Waals surface area (Å²) in [6, 6.07) is 5.64. The van der Waals surface area contributed by atoms with E-state index in [-0.39, 0.29) is 5.75 Å². The summed E-state index contributed by atoms with van der Waals surface area (Å²) in [6.07, 6.45) is 1.18. The number of sulfone groups is 1. The number of anilines is 1. The van der Waals surface area contributed by atoms with Gasteiger partial charge in [0.25, 0.3) is 0 Å². The van der Waals surface area contributed by atoms with Crippen LogP contribution in [-0.2, 0) is 22.6 Å². The van der Waals surface area contributed by atoms with Crippen molar-refractivity contribution in [3.63, 3.8) is 0 Å². The van der Waals surface area contributed by atoms with Gasteiger partial charge in [0.2, 0.25) is 0 Å². The van der Waals surface area contributed by atoms with Gasteiger partial charge in [0.1, 0.15) is 11.6 Å². The zero-order valence-corrected chi connectivity index (χ0v) is 13.4. The maximum Gasteiger partial charge on any atom is 0.153 e. The van der Waals surface area contributed by atoms with E-state index >= 15 is 0 Å². The lowest BCUT2D eigenvalue weighted by Gasteiger charge is -2.09. The molecule has 2 N–H and O–H groups in total. The highest BCUT2D eigenvalue weighted by Crippen LogP contribution is 2.33. The number of ether oxygens (including phenoxy) is 1. The van der Waals surface area contributed by atoms with Crippen LogP contribution in [0, 0.1) is 6.92 Å². The number of nitrogens with two attached hydrogens (primary N) is 1. The third kappa shape index (κ3) is 3.18. The molecule has 21 heavy (non-hydrogen) atoms. The summed E-state index contributed by atoms with van der Waals surface area (Å²) in [7, 11) is 0.0863. The van der Waals surface area contributed by atoms with Gasteiger partial charge in [-0.1, -0.05) is 12.1 Å². The molecule has 0 aliphatic rings. The van der Waals surface area contributed by atoms with E-state index in [4.69, 9.17) is 10.5 Å². The molecule has 0 aliphatic carbocycles. The molecule has 0 unspecified atom stereocenters. The molecule has 6 nitrogen and oxygen atoms in total. The van der Waals surface area contributed by atoms with Gasteiger partial charge in [0.05, 0.1) is 18.6 Å². The lowest BCUT2D eigenvalue weighted by molar-refractivity contribution is 0.412. The first-order valence-electron chi connectivity index (χ1n) is 6.37. The van der Waals surface area contributed by atoms with Crippen molar-refractivity contribution in [3.05, 3.63) is 29.5 Å².